The molecule has 3 saturated carbocycles. The molecule has 2 N–H and O–H groups in total. The lowest BCUT2D eigenvalue weighted by Crippen LogP contribution is -2.54. The van der Waals surface area contributed by atoms with Crippen LogP contribution in [0.5, 0.6) is 0 Å². The maximum absolute atomic E-state index is 11.0. The maximum atomic E-state index is 11.0. The first kappa shape index (κ1) is 15.9. The summed E-state index contributed by atoms with van der Waals surface area (Å²) in [6.45, 7) is 11.0. The van der Waals surface area contributed by atoms with Gasteiger partial charge in [0, 0.05) is 0 Å². The molecule has 2 heteroatoms. The van der Waals surface area contributed by atoms with Gasteiger partial charge in [-0.1, -0.05) is 32.1 Å². The van der Waals surface area contributed by atoms with Gasteiger partial charge in [0.25, 0.3) is 0 Å². The molecule has 7 atom stereocenters. The summed E-state index contributed by atoms with van der Waals surface area (Å²) in [5, 5.41) is 21.1. The molecule has 2 nitrogen and oxygen atoms in total. The fraction of sp³-hybridized carbons (Fsp3) is 0.810. The number of aliphatic hydroxyl groups excluding tert-OH is 1. The van der Waals surface area contributed by atoms with Gasteiger partial charge in [-0.05, 0) is 86.0 Å². The van der Waals surface area contributed by atoms with Crippen molar-refractivity contribution in [3.05, 3.63) is 23.8 Å². The molecule has 0 aliphatic heterocycles. The van der Waals surface area contributed by atoms with Crippen molar-refractivity contribution in [3.63, 3.8) is 0 Å². The Kier molecular flexibility index (Phi) is 3.27. The van der Waals surface area contributed by atoms with Crippen LogP contribution in [0.25, 0.3) is 0 Å². The predicted octanol–water partition coefficient (Wildman–Crippen LogP) is 4.23. The Morgan fingerprint density at radius 1 is 1.09 bits per heavy atom. The largest absolute Gasteiger partial charge is 0.390 e. The zero-order chi connectivity index (χ0) is 16.6. The molecule has 3 fully saturated rings. The van der Waals surface area contributed by atoms with Gasteiger partial charge < -0.3 is 10.2 Å². The first-order valence-electron chi connectivity index (χ1n) is 9.48. The van der Waals surface area contributed by atoms with Gasteiger partial charge in [0.2, 0.25) is 0 Å². The summed E-state index contributed by atoms with van der Waals surface area (Å²) in [5.74, 6) is 2.08. The summed E-state index contributed by atoms with van der Waals surface area (Å²) in [6, 6.07) is 0. The van der Waals surface area contributed by atoms with Crippen LogP contribution in [0.4, 0.5) is 0 Å². The second-order valence-corrected chi connectivity index (χ2v) is 9.57. The Labute approximate surface area is 140 Å². The Hall–Kier alpha value is -0.600. The zero-order valence-electron chi connectivity index (χ0n) is 14.9. The molecule has 4 aliphatic rings. The minimum absolute atomic E-state index is 0.0942. The molecule has 0 amide bonds. The summed E-state index contributed by atoms with van der Waals surface area (Å²) in [6.07, 6.45) is 9.47. The Balaban J connectivity index is 1.70. The molecule has 4 aliphatic carbocycles. The predicted molar refractivity (Wildman–Crippen MR) is 92.9 cm³/mol. The van der Waals surface area contributed by atoms with Crippen molar-refractivity contribution < 1.29 is 10.2 Å². The summed E-state index contributed by atoms with van der Waals surface area (Å²) < 4.78 is 0. The van der Waals surface area contributed by atoms with Gasteiger partial charge in [0.15, 0.2) is 0 Å². The molecule has 4 rings (SSSR count). The van der Waals surface area contributed by atoms with Crippen molar-refractivity contribution in [2.24, 2.45) is 28.6 Å². The fourth-order valence-electron chi connectivity index (χ4n) is 6.97. The molecule has 0 heterocycles. The normalized spacial score (nSPS) is 55.7. The van der Waals surface area contributed by atoms with Crippen molar-refractivity contribution in [1.29, 1.82) is 0 Å². The van der Waals surface area contributed by atoms with Crippen LogP contribution < -0.4 is 0 Å². The van der Waals surface area contributed by atoms with E-state index in [1.54, 1.807) is 0 Å². The van der Waals surface area contributed by atoms with Crippen molar-refractivity contribution in [1.82, 2.24) is 0 Å². The molecule has 0 spiro atoms. The van der Waals surface area contributed by atoms with Gasteiger partial charge in [-0.25, -0.2) is 0 Å². The lowest BCUT2D eigenvalue weighted by atomic mass is 9.46. The molecule has 0 saturated heterocycles. The van der Waals surface area contributed by atoms with Crippen molar-refractivity contribution in [2.45, 2.75) is 77.4 Å². The standard InChI is InChI=1S/C21H32O2/c1-13-12-19(2)14(11-18(13)22)5-6-15-16(19)7-9-20(3)17(15)8-10-21(20,4)23/h11,15-18,22-23H,1,5-10,12H2,2-4H3/t15-,16+,17+,18+,19+,20+,21+/m1/s1. The van der Waals surface area contributed by atoms with E-state index in [-0.39, 0.29) is 10.8 Å². The van der Waals surface area contributed by atoms with Crippen molar-refractivity contribution >= 4 is 0 Å². The third kappa shape index (κ3) is 1.94. The Bertz CT molecular complexity index is 574. The quantitative estimate of drug-likeness (QED) is 0.657. The third-order valence-corrected chi connectivity index (χ3v) is 8.67. The van der Waals surface area contributed by atoms with Crippen LogP contribution in [0.3, 0.4) is 0 Å². The van der Waals surface area contributed by atoms with Crippen LogP contribution in [0.2, 0.25) is 0 Å². The first-order chi connectivity index (χ1) is 10.7. The van der Waals surface area contributed by atoms with E-state index in [2.05, 4.69) is 33.4 Å². The van der Waals surface area contributed by atoms with Crippen molar-refractivity contribution in [2.75, 3.05) is 0 Å². The van der Waals surface area contributed by atoms with Gasteiger partial charge >= 0.3 is 0 Å². The number of fused-ring (bicyclic) bond motifs is 5. The van der Waals surface area contributed by atoms with E-state index in [0.717, 1.165) is 37.2 Å². The molecular formula is C21H32O2. The SMILES string of the molecule is C=C1C[C@@]2(C)C(=C[C@@H]1O)CC[C@@H]1[C@@H]2CC[C@@]2(C)[C@H]1CC[C@]2(C)O. The number of aliphatic hydroxyl groups is 2. The molecule has 128 valence electrons. The van der Waals surface area contributed by atoms with Crippen LogP contribution in [0.1, 0.15) is 65.7 Å². The summed E-state index contributed by atoms with van der Waals surface area (Å²) in [4.78, 5) is 0. The maximum Gasteiger partial charge on any atom is 0.0932 e. The average Bonchev–Trinajstić information content (AvgIpc) is 2.71. The molecule has 0 aromatic rings. The van der Waals surface area contributed by atoms with Gasteiger partial charge in [0.1, 0.15) is 0 Å². The first-order valence-corrected chi connectivity index (χ1v) is 9.48. The zero-order valence-corrected chi connectivity index (χ0v) is 14.9. The highest BCUT2D eigenvalue weighted by Crippen LogP contribution is 2.67. The average molecular weight is 316 g/mol. The molecule has 23 heavy (non-hydrogen) atoms. The Morgan fingerprint density at radius 2 is 1.78 bits per heavy atom. The number of hydrogen-bond donors (Lipinski definition) is 2. The Morgan fingerprint density at radius 3 is 2.52 bits per heavy atom. The van der Waals surface area contributed by atoms with E-state index < -0.39 is 11.7 Å². The number of hydrogen-bond acceptors (Lipinski definition) is 2. The fourth-order valence-corrected chi connectivity index (χ4v) is 6.97. The monoisotopic (exact) mass is 316 g/mol. The van der Waals surface area contributed by atoms with Crippen LogP contribution >= 0.6 is 0 Å². The van der Waals surface area contributed by atoms with Crippen LogP contribution in [-0.4, -0.2) is 21.9 Å². The smallest absolute Gasteiger partial charge is 0.0932 e. The highest BCUT2D eigenvalue weighted by Gasteiger charge is 2.62. The molecule has 0 aromatic carbocycles. The number of allylic oxidation sites excluding steroid dienone is 1. The number of rotatable bonds is 0. The van der Waals surface area contributed by atoms with E-state index in [1.165, 1.54) is 24.8 Å². The van der Waals surface area contributed by atoms with Gasteiger partial charge in [-0.15, -0.1) is 0 Å². The molecular weight excluding hydrogens is 284 g/mol. The molecule has 0 bridgehead atoms. The van der Waals surface area contributed by atoms with Crippen molar-refractivity contribution in [3.8, 4) is 0 Å². The van der Waals surface area contributed by atoms with Gasteiger partial charge in [0.05, 0.1) is 11.7 Å². The minimum Gasteiger partial charge on any atom is -0.390 e. The summed E-state index contributed by atoms with van der Waals surface area (Å²) in [5.41, 5.74) is 2.26. The van der Waals surface area contributed by atoms with Gasteiger partial charge in [-0.3, -0.25) is 0 Å². The lowest BCUT2D eigenvalue weighted by Gasteiger charge is -2.59. The van der Waals surface area contributed by atoms with E-state index in [0.29, 0.717) is 11.8 Å². The van der Waals surface area contributed by atoms with E-state index in [4.69, 9.17) is 0 Å². The highest BCUT2D eigenvalue weighted by molar-refractivity contribution is 5.33. The summed E-state index contributed by atoms with van der Waals surface area (Å²) in [7, 11) is 0. The van der Waals surface area contributed by atoms with E-state index in [9.17, 15) is 10.2 Å². The highest BCUT2D eigenvalue weighted by atomic mass is 16.3. The van der Waals surface area contributed by atoms with E-state index >= 15 is 0 Å². The summed E-state index contributed by atoms with van der Waals surface area (Å²) >= 11 is 0. The van der Waals surface area contributed by atoms with Gasteiger partial charge in [-0.2, -0.15) is 0 Å². The molecule has 0 aromatic heterocycles. The van der Waals surface area contributed by atoms with Crippen LogP contribution in [0, 0.1) is 28.6 Å². The molecule has 0 radical (unpaired) electrons. The lowest BCUT2D eigenvalue weighted by molar-refractivity contribution is -0.117. The second-order valence-electron chi connectivity index (χ2n) is 9.57. The molecule has 0 unspecified atom stereocenters. The van der Waals surface area contributed by atoms with Crippen LogP contribution in [-0.2, 0) is 0 Å². The second kappa shape index (κ2) is 4.73. The minimum atomic E-state index is -0.494. The topological polar surface area (TPSA) is 40.5 Å². The van der Waals surface area contributed by atoms with E-state index in [1.807, 2.05) is 0 Å². The third-order valence-electron chi connectivity index (χ3n) is 8.67. The van der Waals surface area contributed by atoms with Crippen LogP contribution in [0.15, 0.2) is 23.8 Å².